The van der Waals surface area contributed by atoms with Gasteiger partial charge in [0.2, 0.25) is 5.91 Å². The zero-order chi connectivity index (χ0) is 11.9. The van der Waals surface area contributed by atoms with E-state index in [9.17, 15) is 4.79 Å². The maximum atomic E-state index is 11.8. The smallest absolute Gasteiger partial charge is 0.236 e. The number of rotatable bonds is 7. The first kappa shape index (κ1) is 12.8. The Morgan fingerprint density at radius 2 is 2.00 bits per heavy atom. The minimum absolute atomic E-state index is 0.242. The van der Waals surface area contributed by atoms with Crippen molar-refractivity contribution in [1.82, 2.24) is 10.2 Å². The normalized spacial score (nSPS) is 20.6. The van der Waals surface area contributed by atoms with Crippen LogP contribution in [0.3, 0.4) is 0 Å². The average molecular weight is 240 g/mol. The SMILES string of the molecule is O=C(CNCCOCC1CC1)N1CCCCC1. The van der Waals surface area contributed by atoms with Gasteiger partial charge in [0.05, 0.1) is 13.2 Å². The summed E-state index contributed by atoms with van der Waals surface area (Å²) in [5.41, 5.74) is 0. The van der Waals surface area contributed by atoms with Crippen LogP contribution in [0.2, 0.25) is 0 Å². The van der Waals surface area contributed by atoms with E-state index in [1.807, 2.05) is 4.90 Å². The molecule has 0 aromatic carbocycles. The van der Waals surface area contributed by atoms with Crippen LogP contribution in [-0.2, 0) is 9.53 Å². The molecule has 4 heteroatoms. The molecular weight excluding hydrogens is 216 g/mol. The molecule has 0 atom stereocenters. The lowest BCUT2D eigenvalue weighted by molar-refractivity contribution is -0.131. The molecule has 0 aromatic heterocycles. The molecule has 1 aliphatic carbocycles. The third-order valence-corrected chi connectivity index (χ3v) is 3.46. The van der Waals surface area contributed by atoms with Gasteiger partial charge < -0.3 is 15.0 Å². The first-order valence-electron chi connectivity index (χ1n) is 6.92. The highest BCUT2D eigenvalue weighted by Crippen LogP contribution is 2.28. The fraction of sp³-hybridized carbons (Fsp3) is 0.923. The Bertz CT molecular complexity index is 236. The minimum Gasteiger partial charge on any atom is -0.380 e. The van der Waals surface area contributed by atoms with Crippen molar-refractivity contribution in [3.8, 4) is 0 Å². The van der Waals surface area contributed by atoms with Crippen LogP contribution in [0.5, 0.6) is 0 Å². The van der Waals surface area contributed by atoms with E-state index in [4.69, 9.17) is 4.74 Å². The molecule has 2 rings (SSSR count). The highest BCUT2D eigenvalue weighted by molar-refractivity contribution is 5.78. The molecule has 17 heavy (non-hydrogen) atoms. The summed E-state index contributed by atoms with van der Waals surface area (Å²) < 4.78 is 5.50. The summed E-state index contributed by atoms with van der Waals surface area (Å²) in [7, 11) is 0. The van der Waals surface area contributed by atoms with Gasteiger partial charge in [-0.25, -0.2) is 0 Å². The van der Waals surface area contributed by atoms with E-state index in [0.717, 1.165) is 51.6 Å². The minimum atomic E-state index is 0.242. The van der Waals surface area contributed by atoms with Crippen LogP contribution in [0.4, 0.5) is 0 Å². The molecule has 2 aliphatic rings. The van der Waals surface area contributed by atoms with Crippen LogP contribution in [0.1, 0.15) is 32.1 Å². The lowest BCUT2D eigenvalue weighted by Crippen LogP contribution is -2.41. The van der Waals surface area contributed by atoms with Crippen LogP contribution in [-0.4, -0.2) is 50.2 Å². The van der Waals surface area contributed by atoms with Gasteiger partial charge >= 0.3 is 0 Å². The molecule has 1 aliphatic heterocycles. The van der Waals surface area contributed by atoms with Crippen molar-refractivity contribution < 1.29 is 9.53 Å². The van der Waals surface area contributed by atoms with E-state index in [-0.39, 0.29) is 5.91 Å². The number of nitrogens with one attached hydrogen (secondary N) is 1. The summed E-state index contributed by atoms with van der Waals surface area (Å²) in [6.45, 7) is 4.77. The molecule has 4 nitrogen and oxygen atoms in total. The Balaban J connectivity index is 1.44. The van der Waals surface area contributed by atoms with Crippen LogP contribution in [0.15, 0.2) is 0 Å². The van der Waals surface area contributed by atoms with Gasteiger partial charge in [0.25, 0.3) is 0 Å². The molecule has 0 radical (unpaired) electrons. The Kier molecular flexibility index (Phi) is 5.26. The zero-order valence-corrected chi connectivity index (χ0v) is 10.6. The first-order valence-corrected chi connectivity index (χ1v) is 6.92. The number of carbonyl (C=O) groups is 1. The van der Waals surface area contributed by atoms with Crippen LogP contribution < -0.4 is 5.32 Å². The zero-order valence-electron chi connectivity index (χ0n) is 10.6. The Morgan fingerprint density at radius 3 is 2.71 bits per heavy atom. The maximum Gasteiger partial charge on any atom is 0.236 e. The number of hydrogen-bond donors (Lipinski definition) is 1. The standard InChI is InChI=1S/C13H24N2O2/c16-13(15-7-2-1-3-8-15)10-14-6-9-17-11-12-4-5-12/h12,14H,1-11H2. The quantitative estimate of drug-likeness (QED) is 0.675. The van der Waals surface area contributed by atoms with Gasteiger partial charge in [-0.15, -0.1) is 0 Å². The van der Waals surface area contributed by atoms with E-state index < -0.39 is 0 Å². The molecule has 0 aromatic rings. The van der Waals surface area contributed by atoms with E-state index in [1.165, 1.54) is 19.3 Å². The summed E-state index contributed by atoms with van der Waals surface area (Å²) in [6.07, 6.45) is 6.26. The van der Waals surface area contributed by atoms with E-state index in [1.54, 1.807) is 0 Å². The molecule has 1 heterocycles. The summed E-state index contributed by atoms with van der Waals surface area (Å²) in [5, 5.41) is 3.16. The summed E-state index contributed by atoms with van der Waals surface area (Å²) in [6, 6.07) is 0. The van der Waals surface area contributed by atoms with Crippen LogP contribution >= 0.6 is 0 Å². The highest BCUT2D eigenvalue weighted by atomic mass is 16.5. The Morgan fingerprint density at radius 1 is 1.24 bits per heavy atom. The maximum absolute atomic E-state index is 11.8. The van der Waals surface area contributed by atoms with E-state index in [2.05, 4.69) is 5.32 Å². The van der Waals surface area contributed by atoms with Crippen LogP contribution in [0, 0.1) is 5.92 Å². The average Bonchev–Trinajstić information content (AvgIpc) is 3.18. The summed E-state index contributed by atoms with van der Waals surface area (Å²) in [5.74, 6) is 1.07. The van der Waals surface area contributed by atoms with Crippen molar-refractivity contribution in [2.75, 3.05) is 39.4 Å². The van der Waals surface area contributed by atoms with E-state index >= 15 is 0 Å². The predicted octanol–water partition coefficient (Wildman–Crippen LogP) is 1.02. The van der Waals surface area contributed by atoms with Crippen molar-refractivity contribution in [3.05, 3.63) is 0 Å². The van der Waals surface area contributed by atoms with Crippen molar-refractivity contribution in [3.63, 3.8) is 0 Å². The first-order chi connectivity index (χ1) is 8.36. The number of amides is 1. The van der Waals surface area contributed by atoms with Crippen molar-refractivity contribution in [2.45, 2.75) is 32.1 Å². The molecule has 1 saturated carbocycles. The highest BCUT2D eigenvalue weighted by Gasteiger charge is 2.20. The van der Waals surface area contributed by atoms with Crippen molar-refractivity contribution in [2.24, 2.45) is 5.92 Å². The number of piperidine rings is 1. The van der Waals surface area contributed by atoms with E-state index in [0.29, 0.717) is 6.54 Å². The largest absolute Gasteiger partial charge is 0.380 e. The van der Waals surface area contributed by atoms with Crippen LogP contribution in [0.25, 0.3) is 0 Å². The molecule has 0 spiro atoms. The molecule has 1 saturated heterocycles. The monoisotopic (exact) mass is 240 g/mol. The second-order valence-corrected chi connectivity index (χ2v) is 5.14. The summed E-state index contributed by atoms with van der Waals surface area (Å²) in [4.78, 5) is 13.7. The van der Waals surface area contributed by atoms with Crippen molar-refractivity contribution >= 4 is 5.91 Å². The lowest BCUT2D eigenvalue weighted by Gasteiger charge is -2.26. The molecule has 98 valence electrons. The predicted molar refractivity (Wildman–Crippen MR) is 66.8 cm³/mol. The van der Waals surface area contributed by atoms with Gasteiger partial charge in [-0.1, -0.05) is 0 Å². The second kappa shape index (κ2) is 6.97. The van der Waals surface area contributed by atoms with Gasteiger partial charge in [0, 0.05) is 26.2 Å². The van der Waals surface area contributed by atoms with Gasteiger partial charge in [-0.05, 0) is 38.0 Å². The van der Waals surface area contributed by atoms with Gasteiger partial charge in [0.15, 0.2) is 0 Å². The van der Waals surface area contributed by atoms with Gasteiger partial charge in [0.1, 0.15) is 0 Å². The Labute approximate surface area is 104 Å². The lowest BCUT2D eigenvalue weighted by atomic mass is 10.1. The Hall–Kier alpha value is -0.610. The number of carbonyl (C=O) groups excluding carboxylic acids is 1. The number of ether oxygens (including phenoxy) is 1. The number of nitrogens with zero attached hydrogens (tertiary/aromatic N) is 1. The van der Waals surface area contributed by atoms with Gasteiger partial charge in [-0.3, -0.25) is 4.79 Å². The molecule has 2 fully saturated rings. The van der Waals surface area contributed by atoms with Gasteiger partial charge in [-0.2, -0.15) is 0 Å². The second-order valence-electron chi connectivity index (χ2n) is 5.14. The summed E-state index contributed by atoms with van der Waals surface area (Å²) >= 11 is 0. The topological polar surface area (TPSA) is 41.6 Å². The number of hydrogen-bond acceptors (Lipinski definition) is 3. The fourth-order valence-electron chi connectivity index (χ4n) is 2.13. The molecular formula is C13H24N2O2. The van der Waals surface area contributed by atoms with Crippen molar-refractivity contribution in [1.29, 1.82) is 0 Å². The molecule has 1 amide bonds. The third kappa shape index (κ3) is 5.04. The number of likely N-dealkylation sites (tertiary alicyclic amines) is 1. The third-order valence-electron chi connectivity index (χ3n) is 3.46. The fourth-order valence-corrected chi connectivity index (χ4v) is 2.13. The molecule has 0 unspecified atom stereocenters. The molecule has 1 N–H and O–H groups in total. The molecule has 0 bridgehead atoms.